The molecule has 6 rings (SSSR count). The van der Waals surface area contributed by atoms with E-state index in [9.17, 15) is 0 Å². The zero-order valence-corrected chi connectivity index (χ0v) is 26.5. The highest BCUT2D eigenvalue weighted by Gasteiger charge is 2.24. The first-order valence-corrected chi connectivity index (χ1v) is 15.9. The molecule has 220 valence electrons. The van der Waals surface area contributed by atoms with E-state index in [2.05, 4.69) is 146 Å². The Bertz CT molecular complexity index is 1510. The van der Waals surface area contributed by atoms with Crippen molar-refractivity contribution in [2.75, 3.05) is 0 Å². The lowest BCUT2D eigenvalue weighted by Crippen LogP contribution is -2.47. The number of nitrogens with zero attached hydrogens (tertiary/aromatic N) is 1. The van der Waals surface area contributed by atoms with Crippen LogP contribution in [0.5, 0.6) is 0 Å². The molecule has 0 amide bonds. The van der Waals surface area contributed by atoms with Crippen molar-refractivity contribution in [2.45, 2.75) is 76.9 Å². The van der Waals surface area contributed by atoms with Gasteiger partial charge in [-0.25, -0.2) is 4.99 Å². The van der Waals surface area contributed by atoms with Crippen LogP contribution in [0.15, 0.2) is 109 Å². The molecule has 0 aromatic heterocycles. The summed E-state index contributed by atoms with van der Waals surface area (Å²) in [5.74, 6) is 2.74. The Morgan fingerprint density at radius 2 is 1.05 bits per heavy atom. The van der Waals surface area contributed by atoms with Crippen LogP contribution in [0.1, 0.15) is 90.2 Å². The van der Waals surface area contributed by atoms with Crippen molar-refractivity contribution in [3.63, 3.8) is 0 Å². The first kappa shape index (κ1) is 30.5. The fourth-order valence-electron chi connectivity index (χ4n) is 6.31. The van der Waals surface area contributed by atoms with Crippen molar-refractivity contribution in [1.82, 2.24) is 10.6 Å². The summed E-state index contributed by atoms with van der Waals surface area (Å²) in [6.07, 6.45) is 6.84. The topological polar surface area (TPSA) is 36.4 Å². The van der Waals surface area contributed by atoms with Gasteiger partial charge in [-0.2, -0.15) is 0 Å². The van der Waals surface area contributed by atoms with Crippen molar-refractivity contribution < 1.29 is 0 Å². The van der Waals surface area contributed by atoms with E-state index in [0.717, 1.165) is 25.7 Å². The van der Waals surface area contributed by atoms with Gasteiger partial charge in [0.1, 0.15) is 6.04 Å². The second-order valence-corrected chi connectivity index (χ2v) is 12.9. The lowest BCUT2D eigenvalue weighted by Gasteiger charge is -2.30. The van der Waals surface area contributed by atoms with Crippen LogP contribution in [-0.4, -0.2) is 16.5 Å². The molecule has 2 aliphatic carbocycles. The molecule has 4 aromatic rings. The van der Waals surface area contributed by atoms with Gasteiger partial charge in [-0.3, -0.25) is 0 Å². The monoisotopic (exact) mass is 585 g/mol. The van der Waals surface area contributed by atoms with E-state index >= 15 is 0 Å². The molecular weight excluding hydrogens is 543 g/mol. The lowest BCUT2D eigenvalue weighted by atomic mass is 9.85. The number of thiocarbonyl (C=S) groups is 1. The van der Waals surface area contributed by atoms with Crippen molar-refractivity contribution >= 4 is 23.2 Å². The van der Waals surface area contributed by atoms with E-state index in [-0.39, 0.29) is 17.6 Å². The molecule has 0 saturated heterocycles. The van der Waals surface area contributed by atoms with Gasteiger partial charge in [0.2, 0.25) is 0 Å². The van der Waals surface area contributed by atoms with Crippen LogP contribution < -0.4 is 10.6 Å². The van der Waals surface area contributed by atoms with E-state index in [1.807, 2.05) is 0 Å². The van der Waals surface area contributed by atoms with Crippen LogP contribution in [0, 0.1) is 0 Å². The van der Waals surface area contributed by atoms with Crippen LogP contribution in [-0.2, 0) is 25.7 Å². The summed E-state index contributed by atoms with van der Waals surface area (Å²) in [4.78, 5) is 4.51. The van der Waals surface area contributed by atoms with Gasteiger partial charge in [0.25, 0.3) is 0 Å². The third-order valence-electron chi connectivity index (χ3n) is 8.20. The van der Waals surface area contributed by atoms with E-state index < -0.39 is 0 Å². The quantitative estimate of drug-likeness (QED) is 0.183. The fourth-order valence-corrected chi connectivity index (χ4v) is 6.74. The summed E-state index contributed by atoms with van der Waals surface area (Å²) < 4.78 is 0. The zero-order chi connectivity index (χ0) is 30.2. The average molecular weight is 586 g/mol. The number of hydrogen-bond acceptors (Lipinski definition) is 2. The number of hydrogen-bond donors (Lipinski definition) is 2. The highest BCUT2D eigenvalue weighted by molar-refractivity contribution is 7.80. The van der Waals surface area contributed by atoms with Gasteiger partial charge in [0.05, 0.1) is 6.04 Å². The maximum atomic E-state index is 5.60. The average Bonchev–Trinajstić information content (AvgIpc) is 2.98. The number of nitrogens with one attached hydrogen (secondary N) is 2. The summed E-state index contributed by atoms with van der Waals surface area (Å²) in [6, 6.07) is 34.8. The standard InChI is InChI=1S/C21H26N2S.C18H17N/c1-21(2,3)23-20(24)22-19-17-13-6-4-9-15(17)11-8-12-16-10-5-7-14-18(16)19;1-2-19-18-16-12-5-3-8-14(16)10-7-11-15-9-4-6-13-17(15)18/h4-7,9-10,13-14,19H,8,11-12H2,1-3H3,(H2,22,23,24);3-6,8-9,12-13,18H,1,7,10-11H2. The molecule has 0 unspecified atom stereocenters. The normalized spacial score (nSPS) is 14.7. The number of benzene rings is 4. The van der Waals surface area contributed by atoms with Gasteiger partial charge in [-0.05, 0) is 128 Å². The summed E-state index contributed by atoms with van der Waals surface area (Å²) in [6.45, 7) is 10.0. The third kappa shape index (κ3) is 7.70. The second kappa shape index (κ2) is 14.0. The Morgan fingerprint density at radius 3 is 1.44 bits per heavy atom. The van der Waals surface area contributed by atoms with Crippen molar-refractivity contribution in [2.24, 2.45) is 4.99 Å². The number of rotatable bonds is 2. The molecule has 0 saturated carbocycles. The van der Waals surface area contributed by atoms with E-state index in [1.54, 1.807) is 0 Å². The molecule has 0 heterocycles. The molecule has 4 aromatic carbocycles. The van der Waals surface area contributed by atoms with Crippen LogP contribution >= 0.6 is 12.2 Å². The SMILES string of the molecule is C=C=NC1c2ccccc2CCCc2ccccc21.CC(C)(C)NC(=S)NC1c2ccccc2CCCc2ccccc21. The highest BCUT2D eigenvalue weighted by Crippen LogP contribution is 2.34. The van der Waals surface area contributed by atoms with Gasteiger partial charge in [0.15, 0.2) is 5.11 Å². The molecule has 4 heteroatoms. The van der Waals surface area contributed by atoms with Crippen LogP contribution in [0.2, 0.25) is 0 Å². The summed E-state index contributed by atoms with van der Waals surface area (Å²) in [5.41, 5.74) is 10.9. The largest absolute Gasteiger partial charge is 0.358 e. The minimum atomic E-state index is -0.0509. The van der Waals surface area contributed by atoms with E-state index in [0.29, 0.717) is 5.11 Å². The minimum absolute atomic E-state index is 0.0465. The first-order chi connectivity index (χ1) is 20.8. The fraction of sp³-hybridized carbons (Fsp3) is 0.308. The molecule has 3 nitrogen and oxygen atoms in total. The molecule has 2 aliphatic rings. The van der Waals surface area contributed by atoms with Crippen LogP contribution in [0.3, 0.4) is 0 Å². The molecule has 0 bridgehead atoms. The van der Waals surface area contributed by atoms with Crippen molar-refractivity contribution in [3.05, 3.63) is 148 Å². The first-order valence-electron chi connectivity index (χ1n) is 15.5. The Labute approximate surface area is 263 Å². The molecule has 0 fully saturated rings. The van der Waals surface area contributed by atoms with Gasteiger partial charge in [-0.15, -0.1) is 0 Å². The van der Waals surface area contributed by atoms with Gasteiger partial charge < -0.3 is 10.6 Å². The van der Waals surface area contributed by atoms with Crippen LogP contribution in [0.4, 0.5) is 0 Å². The number of aryl methyl sites for hydroxylation is 4. The predicted octanol–water partition coefficient (Wildman–Crippen LogP) is 8.65. The van der Waals surface area contributed by atoms with Crippen LogP contribution in [0.25, 0.3) is 0 Å². The summed E-state index contributed by atoms with van der Waals surface area (Å²) >= 11 is 5.60. The molecule has 43 heavy (non-hydrogen) atoms. The molecule has 2 N–H and O–H groups in total. The maximum Gasteiger partial charge on any atom is 0.167 e. The number of fused-ring (bicyclic) bond motifs is 4. The minimum Gasteiger partial charge on any atom is -0.358 e. The molecule has 0 atom stereocenters. The Kier molecular flexibility index (Phi) is 9.92. The summed E-state index contributed by atoms with van der Waals surface area (Å²) in [7, 11) is 0. The van der Waals surface area contributed by atoms with Crippen molar-refractivity contribution in [3.8, 4) is 0 Å². The predicted molar refractivity (Wildman–Crippen MR) is 185 cm³/mol. The van der Waals surface area contributed by atoms with Gasteiger partial charge in [0, 0.05) is 5.54 Å². The third-order valence-corrected chi connectivity index (χ3v) is 8.42. The molecule has 0 spiro atoms. The Hall–Kier alpha value is -3.98. The smallest absolute Gasteiger partial charge is 0.167 e. The lowest BCUT2D eigenvalue weighted by molar-refractivity contribution is 0.503. The Morgan fingerprint density at radius 1 is 0.674 bits per heavy atom. The van der Waals surface area contributed by atoms with Gasteiger partial charge in [-0.1, -0.05) is 97.1 Å². The molecule has 0 radical (unpaired) electrons. The maximum absolute atomic E-state index is 5.60. The van der Waals surface area contributed by atoms with E-state index in [1.165, 1.54) is 57.3 Å². The second-order valence-electron chi connectivity index (χ2n) is 12.5. The van der Waals surface area contributed by atoms with E-state index in [4.69, 9.17) is 12.2 Å². The summed E-state index contributed by atoms with van der Waals surface area (Å²) in [5, 5.41) is 7.67. The van der Waals surface area contributed by atoms with Crippen molar-refractivity contribution in [1.29, 1.82) is 0 Å². The molecular formula is C39H43N3S. The number of aliphatic imine (C=N–C) groups is 1. The highest BCUT2D eigenvalue weighted by atomic mass is 32.1. The zero-order valence-electron chi connectivity index (χ0n) is 25.7. The molecule has 0 aliphatic heterocycles. The Balaban J connectivity index is 0.000000176. The van der Waals surface area contributed by atoms with Gasteiger partial charge >= 0.3 is 0 Å².